The zero-order chi connectivity index (χ0) is 14.0. The molecule has 0 saturated carbocycles. The quantitative estimate of drug-likeness (QED) is 0.861. The monoisotopic (exact) mass is 267 g/mol. The third-order valence-corrected chi connectivity index (χ3v) is 3.33. The van der Waals surface area contributed by atoms with Gasteiger partial charge in [0.2, 0.25) is 5.91 Å². The van der Waals surface area contributed by atoms with E-state index in [4.69, 9.17) is 9.84 Å². The topological polar surface area (TPSA) is 75.6 Å². The van der Waals surface area contributed by atoms with Crippen molar-refractivity contribution in [2.24, 2.45) is 5.92 Å². The Bertz CT molecular complexity index is 517. The molecule has 1 aliphatic heterocycles. The molecule has 1 heterocycles. The van der Waals surface area contributed by atoms with Crippen LogP contribution in [0.5, 0.6) is 5.75 Å². The van der Waals surface area contributed by atoms with Crippen molar-refractivity contribution in [3.05, 3.63) is 29.6 Å². The molecule has 2 rings (SSSR count). The molecule has 0 bridgehead atoms. The average molecular weight is 267 g/mol. The number of carbonyl (C=O) groups is 2. The molecule has 1 saturated heterocycles. The minimum absolute atomic E-state index is 0.0182. The summed E-state index contributed by atoms with van der Waals surface area (Å²) in [6.07, 6.45) is -0.0276. The second kappa shape index (κ2) is 5.26. The third-order valence-electron chi connectivity index (χ3n) is 3.33. The van der Waals surface area contributed by atoms with E-state index in [1.807, 2.05) is 0 Å². The SMILES string of the molecule is COc1ccc([C@@H]2CC(=O)NC[C@H]2C(=O)O)c(F)c1. The molecule has 0 unspecified atom stereocenters. The molecule has 1 amide bonds. The second-order valence-electron chi connectivity index (χ2n) is 4.45. The van der Waals surface area contributed by atoms with Crippen LogP contribution in [0, 0.1) is 11.7 Å². The first-order valence-corrected chi connectivity index (χ1v) is 5.86. The lowest BCUT2D eigenvalue weighted by Crippen LogP contribution is -2.43. The zero-order valence-electron chi connectivity index (χ0n) is 10.4. The standard InChI is InChI=1S/C13H14FNO4/c1-19-7-2-3-8(11(14)4-7)9-5-12(16)15-6-10(9)13(17)18/h2-4,9-10H,5-6H2,1H3,(H,15,16)(H,17,18)/t9-,10+/m0/s1. The van der Waals surface area contributed by atoms with Crippen LogP contribution >= 0.6 is 0 Å². The van der Waals surface area contributed by atoms with E-state index in [1.54, 1.807) is 6.07 Å². The van der Waals surface area contributed by atoms with Gasteiger partial charge in [0.15, 0.2) is 0 Å². The molecular weight excluding hydrogens is 253 g/mol. The molecule has 102 valence electrons. The highest BCUT2D eigenvalue weighted by atomic mass is 19.1. The van der Waals surface area contributed by atoms with E-state index in [9.17, 15) is 14.0 Å². The van der Waals surface area contributed by atoms with Gasteiger partial charge in [0.1, 0.15) is 11.6 Å². The lowest BCUT2D eigenvalue weighted by molar-refractivity contribution is -0.144. The van der Waals surface area contributed by atoms with Crippen LogP contribution in [0.2, 0.25) is 0 Å². The van der Waals surface area contributed by atoms with Crippen molar-refractivity contribution < 1.29 is 23.8 Å². The summed E-state index contributed by atoms with van der Waals surface area (Å²) in [5, 5.41) is 11.6. The number of hydrogen-bond acceptors (Lipinski definition) is 3. The van der Waals surface area contributed by atoms with E-state index in [-0.39, 0.29) is 24.4 Å². The average Bonchev–Trinajstić information content (AvgIpc) is 2.38. The number of benzene rings is 1. The maximum absolute atomic E-state index is 14.0. The first kappa shape index (κ1) is 13.3. The summed E-state index contributed by atoms with van der Waals surface area (Å²) in [5.41, 5.74) is 0.239. The summed E-state index contributed by atoms with van der Waals surface area (Å²) in [4.78, 5) is 22.6. The van der Waals surface area contributed by atoms with Gasteiger partial charge in [0.25, 0.3) is 0 Å². The fraction of sp³-hybridized carbons (Fsp3) is 0.385. The highest BCUT2D eigenvalue weighted by Crippen LogP contribution is 2.33. The van der Waals surface area contributed by atoms with Crippen molar-refractivity contribution in [3.63, 3.8) is 0 Å². The van der Waals surface area contributed by atoms with Gasteiger partial charge in [-0.3, -0.25) is 9.59 Å². The van der Waals surface area contributed by atoms with E-state index >= 15 is 0 Å². The van der Waals surface area contributed by atoms with E-state index in [2.05, 4.69) is 5.32 Å². The highest BCUT2D eigenvalue weighted by Gasteiger charge is 2.36. The minimum atomic E-state index is -1.04. The van der Waals surface area contributed by atoms with Crippen molar-refractivity contribution in [2.75, 3.05) is 13.7 Å². The first-order valence-electron chi connectivity index (χ1n) is 5.86. The maximum atomic E-state index is 14.0. The summed E-state index contributed by atoms with van der Waals surface area (Å²) < 4.78 is 18.9. The molecule has 6 heteroatoms. The molecular formula is C13H14FNO4. The Kier molecular flexibility index (Phi) is 3.69. The molecule has 5 nitrogen and oxygen atoms in total. The number of ether oxygens (including phenoxy) is 1. The Hall–Kier alpha value is -2.11. The molecule has 1 fully saturated rings. The summed E-state index contributed by atoms with van der Waals surface area (Å²) >= 11 is 0. The number of halogens is 1. The van der Waals surface area contributed by atoms with Gasteiger partial charge in [-0.05, 0) is 11.6 Å². The molecule has 0 aromatic heterocycles. The maximum Gasteiger partial charge on any atom is 0.308 e. The van der Waals surface area contributed by atoms with Crippen LogP contribution in [0.1, 0.15) is 17.9 Å². The molecule has 1 aromatic rings. The molecule has 1 aromatic carbocycles. The summed E-state index contributed by atoms with van der Waals surface area (Å²) in [7, 11) is 1.42. The van der Waals surface area contributed by atoms with Gasteiger partial charge in [-0.1, -0.05) is 6.07 Å². The number of piperidine rings is 1. The Labute approximate surface area is 109 Å². The van der Waals surface area contributed by atoms with Crippen LogP contribution in [0.25, 0.3) is 0 Å². The number of aliphatic carboxylic acids is 1. The van der Waals surface area contributed by atoms with E-state index < -0.39 is 23.6 Å². The molecule has 0 aliphatic carbocycles. The lowest BCUT2D eigenvalue weighted by Gasteiger charge is -2.29. The molecule has 1 aliphatic rings. The normalized spacial score (nSPS) is 22.7. The predicted molar refractivity (Wildman–Crippen MR) is 64.4 cm³/mol. The van der Waals surface area contributed by atoms with Crippen molar-refractivity contribution in [2.45, 2.75) is 12.3 Å². The predicted octanol–water partition coefficient (Wildman–Crippen LogP) is 1.14. The lowest BCUT2D eigenvalue weighted by atomic mass is 9.80. The summed E-state index contributed by atoms with van der Waals surface area (Å²) in [5.74, 6) is -2.98. The van der Waals surface area contributed by atoms with Crippen LogP contribution in [-0.2, 0) is 9.59 Å². The zero-order valence-corrected chi connectivity index (χ0v) is 10.4. The number of amides is 1. The second-order valence-corrected chi connectivity index (χ2v) is 4.45. The number of methoxy groups -OCH3 is 1. The molecule has 2 N–H and O–H groups in total. The van der Waals surface area contributed by atoms with Crippen molar-refractivity contribution in [1.82, 2.24) is 5.32 Å². The molecule has 0 radical (unpaired) electrons. The van der Waals surface area contributed by atoms with Crippen molar-refractivity contribution in [1.29, 1.82) is 0 Å². The summed E-state index contributed by atoms with van der Waals surface area (Å²) in [6.45, 7) is 0.0182. The molecule has 0 spiro atoms. The molecule has 2 atom stereocenters. The van der Waals surface area contributed by atoms with Gasteiger partial charge in [0, 0.05) is 24.9 Å². The minimum Gasteiger partial charge on any atom is -0.497 e. The van der Waals surface area contributed by atoms with Crippen LogP contribution in [-0.4, -0.2) is 30.6 Å². The fourth-order valence-corrected chi connectivity index (χ4v) is 2.30. The number of carbonyl (C=O) groups excluding carboxylic acids is 1. The van der Waals surface area contributed by atoms with Crippen LogP contribution in [0.15, 0.2) is 18.2 Å². The summed E-state index contributed by atoms with van der Waals surface area (Å²) in [6, 6.07) is 4.23. The Morgan fingerprint density at radius 3 is 2.84 bits per heavy atom. The molecule has 19 heavy (non-hydrogen) atoms. The Morgan fingerprint density at radius 2 is 2.26 bits per heavy atom. The third kappa shape index (κ3) is 2.67. The largest absolute Gasteiger partial charge is 0.497 e. The fourth-order valence-electron chi connectivity index (χ4n) is 2.30. The van der Waals surface area contributed by atoms with Gasteiger partial charge >= 0.3 is 5.97 Å². The van der Waals surface area contributed by atoms with Crippen LogP contribution < -0.4 is 10.1 Å². The van der Waals surface area contributed by atoms with E-state index in [0.717, 1.165) is 0 Å². The van der Waals surface area contributed by atoms with Gasteiger partial charge < -0.3 is 15.2 Å². The highest BCUT2D eigenvalue weighted by molar-refractivity contribution is 5.82. The van der Waals surface area contributed by atoms with Gasteiger partial charge in [0.05, 0.1) is 13.0 Å². The number of carboxylic acid groups (broad SMARTS) is 1. The number of rotatable bonds is 3. The van der Waals surface area contributed by atoms with Crippen LogP contribution in [0.4, 0.5) is 4.39 Å². The number of carboxylic acids is 1. The van der Waals surface area contributed by atoms with Crippen molar-refractivity contribution >= 4 is 11.9 Å². The Balaban J connectivity index is 2.36. The van der Waals surface area contributed by atoms with Crippen molar-refractivity contribution in [3.8, 4) is 5.75 Å². The van der Waals surface area contributed by atoms with Gasteiger partial charge in [-0.15, -0.1) is 0 Å². The van der Waals surface area contributed by atoms with E-state index in [1.165, 1.54) is 19.2 Å². The van der Waals surface area contributed by atoms with Gasteiger partial charge in [-0.2, -0.15) is 0 Å². The number of hydrogen-bond donors (Lipinski definition) is 2. The van der Waals surface area contributed by atoms with Gasteiger partial charge in [-0.25, -0.2) is 4.39 Å². The first-order chi connectivity index (χ1) is 9.02. The van der Waals surface area contributed by atoms with E-state index in [0.29, 0.717) is 5.75 Å². The number of nitrogens with one attached hydrogen (secondary N) is 1. The Morgan fingerprint density at radius 1 is 1.53 bits per heavy atom. The van der Waals surface area contributed by atoms with Crippen LogP contribution in [0.3, 0.4) is 0 Å². The smallest absolute Gasteiger partial charge is 0.308 e.